The summed E-state index contributed by atoms with van der Waals surface area (Å²) >= 11 is 1.77. The molecule has 3 aliphatic rings. The molecule has 1 heterocycles. The maximum Gasteiger partial charge on any atom is 0.0854 e. The molecular formula is C11H13NOS. The molecule has 2 aliphatic carbocycles. The second-order valence-electron chi connectivity index (χ2n) is 4.17. The van der Waals surface area contributed by atoms with E-state index in [2.05, 4.69) is 17.1 Å². The largest absolute Gasteiger partial charge is 0.393 e. The van der Waals surface area contributed by atoms with Gasteiger partial charge in [0.15, 0.2) is 0 Å². The van der Waals surface area contributed by atoms with E-state index in [1.54, 1.807) is 11.8 Å². The molecule has 1 aliphatic heterocycles. The van der Waals surface area contributed by atoms with Crippen LogP contribution >= 0.6 is 11.8 Å². The third kappa shape index (κ3) is 1.27. The highest BCUT2D eigenvalue weighted by Gasteiger charge is 2.34. The highest BCUT2D eigenvalue weighted by atomic mass is 32.2. The van der Waals surface area contributed by atoms with Crippen molar-refractivity contribution in [2.24, 2.45) is 10.9 Å². The van der Waals surface area contributed by atoms with E-state index in [0.717, 1.165) is 19.3 Å². The maximum atomic E-state index is 9.30. The highest BCUT2D eigenvalue weighted by Crippen LogP contribution is 2.43. The van der Waals surface area contributed by atoms with Crippen molar-refractivity contribution in [1.82, 2.24) is 0 Å². The van der Waals surface area contributed by atoms with Crippen molar-refractivity contribution in [3.63, 3.8) is 0 Å². The van der Waals surface area contributed by atoms with Crippen LogP contribution in [-0.2, 0) is 0 Å². The zero-order valence-corrected chi connectivity index (χ0v) is 8.70. The summed E-state index contributed by atoms with van der Waals surface area (Å²) in [6, 6.07) is 0.401. The number of allylic oxidation sites excluding steroid dienone is 2. The fraction of sp³-hybridized carbons (Fsp3) is 0.545. The molecule has 2 nitrogen and oxygen atoms in total. The molecule has 1 N–H and O–H groups in total. The first-order valence-electron chi connectivity index (χ1n) is 5.11. The second-order valence-corrected chi connectivity index (χ2v) is 5.05. The summed E-state index contributed by atoms with van der Waals surface area (Å²) < 4.78 is 0. The van der Waals surface area contributed by atoms with Crippen LogP contribution < -0.4 is 0 Å². The van der Waals surface area contributed by atoms with Gasteiger partial charge in [-0.1, -0.05) is 23.9 Å². The molecule has 1 atom stereocenters. The third-order valence-electron chi connectivity index (χ3n) is 3.22. The van der Waals surface area contributed by atoms with Crippen LogP contribution in [0.15, 0.2) is 27.6 Å². The Hall–Kier alpha value is -0.540. The average molecular weight is 207 g/mol. The number of thioether (sulfide) groups is 1. The van der Waals surface area contributed by atoms with Crippen LogP contribution in [0.25, 0.3) is 0 Å². The zero-order valence-electron chi connectivity index (χ0n) is 7.89. The van der Waals surface area contributed by atoms with Crippen LogP contribution in [0.3, 0.4) is 0 Å². The first-order chi connectivity index (χ1) is 6.84. The zero-order chi connectivity index (χ0) is 9.54. The van der Waals surface area contributed by atoms with Gasteiger partial charge in [-0.05, 0) is 30.8 Å². The summed E-state index contributed by atoms with van der Waals surface area (Å²) in [6.07, 6.45) is 7.33. The van der Waals surface area contributed by atoms with E-state index in [-0.39, 0.29) is 6.10 Å². The number of aliphatic hydroxyl groups excluding tert-OH is 1. The number of nitrogens with zero attached hydrogens (tertiary/aromatic N) is 1. The van der Waals surface area contributed by atoms with E-state index in [4.69, 9.17) is 0 Å². The molecule has 3 rings (SSSR count). The Morgan fingerprint density at radius 1 is 1.43 bits per heavy atom. The predicted octanol–water partition coefficient (Wildman–Crippen LogP) is 2.12. The van der Waals surface area contributed by atoms with Crippen molar-refractivity contribution in [2.75, 3.05) is 0 Å². The first-order valence-corrected chi connectivity index (χ1v) is 5.99. The molecule has 0 amide bonds. The lowest BCUT2D eigenvalue weighted by Gasteiger charge is -2.34. The van der Waals surface area contributed by atoms with Gasteiger partial charge in [0.1, 0.15) is 0 Å². The van der Waals surface area contributed by atoms with E-state index < -0.39 is 0 Å². The molecule has 14 heavy (non-hydrogen) atoms. The number of aliphatic hydroxyl groups is 1. The summed E-state index contributed by atoms with van der Waals surface area (Å²) in [4.78, 5) is 5.87. The standard InChI is InChI=1S/C11H13NOS/c13-8-4-7(5-8)9-2-1-3-10-11(9)14-6-12-10/h1-2,6-8,10,13H,3-5H2. The number of fused-ring (bicyclic) bond motifs is 1. The van der Waals surface area contributed by atoms with Gasteiger partial charge in [-0.2, -0.15) is 0 Å². The minimum absolute atomic E-state index is 0.0609. The lowest BCUT2D eigenvalue weighted by Crippen LogP contribution is -2.30. The van der Waals surface area contributed by atoms with E-state index in [1.807, 2.05) is 5.55 Å². The monoisotopic (exact) mass is 207 g/mol. The smallest absolute Gasteiger partial charge is 0.0854 e. The van der Waals surface area contributed by atoms with Crippen molar-refractivity contribution in [3.8, 4) is 0 Å². The average Bonchev–Trinajstić information content (AvgIpc) is 2.60. The molecule has 0 aromatic heterocycles. The van der Waals surface area contributed by atoms with Crippen LogP contribution in [0.5, 0.6) is 0 Å². The van der Waals surface area contributed by atoms with Gasteiger partial charge in [-0.15, -0.1) is 0 Å². The molecule has 1 fully saturated rings. The number of hydrogen-bond donors (Lipinski definition) is 1. The van der Waals surface area contributed by atoms with E-state index >= 15 is 0 Å². The van der Waals surface area contributed by atoms with E-state index in [9.17, 15) is 5.11 Å². The summed E-state index contributed by atoms with van der Waals surface area (Å²) in [7, 11) is 0. The lowest BCUT2D eigenvalue weighted by molar-refractivity contribution is 0.0592. The van der Waals surface area contributed by atoms with Crippen molar-refractivity contribution in [3.05, 3.63) is 22.6 Å². The Kier molecular flexibility index (Phi) is 2.03. The van der Waals surface area contributed by atoms with Crippen LogP contribution in [-0.4, -0.2) is 22.8 Å². The lowest BCUT2D eigenvalue weighted by atomic mass is 9.75. The van der Waals surface area contributed by atoms with Crippen LogP contribution in [0, 0.1) is 5.92 Å². The highest BCUT2D eigenvalue weighted by molar-refractivity contribution is 8.15. The van der Waals surface area contributed by atoms with Crippen molar-refractivity contribution in [1.29, 1.82) is 0 Å². The number of rotatable bonds is 1. The van der Waals surface area contributed by atoms with Crippen LogP contribution in [0.2, 0.25) is 0 Å². The Labute approximate surface area is 87.8 Å². The molecule has 0 radical (unpaired) electrons. The number of aliphatic imine (C=N–C) groups is 1. The molecule has 74 valence electrons. The van der Waals surface area contributed by atoms with Crippen molar-refractivity contribution in [2.45, 2.75) is 31.4 Å². The van der Waals surface area contributed by atoms with Crippen molar-refractivity contribution >= 4 is 17.3 Å². The van der Waals surface area contributed by atoms with E-state index in [0.29, 0.717) is 12.0 Å². The fourth-order valence-corrected chi connectivity index (χ4v) is 3.33. The Morgan fingerprint density at radius 3 is 3.07 bits per heavy atom. The predicted molar refractivity (Wildman–Crippen MR) is 59.4 cm³/mol. The molecule has 0 aromatic rings. The van der Waals surface area contributed by atoms with Gasteiger partial charge >= 0.3 is 0 Å². The summed E-state index contributed by atoms with van der Waals surface area (Å²) in [5.74, 6) is 0.591. The third-order valence-corrected chi connectivity index (χ3v) is 4.21. The molecule has 0 spiro atoms. The Morgan fingerprint density at radius 2 is 2.29 bits per heavy atom. The first kappa shape index (κ1) is 8.74. The van der Waals surface area contributed by atoms with E-state index in [1.165, 1.54) is 10.5 Å². The molecule has 1 saturated carbocycles. The SMILES string of the molecule is OC1CC(C2=C3SC=NC3CC=C2)C1. The molecule has 1 unspecified atom stereocenters. The molecule has 0 saturated heterocycles. The van der Waals surface area contributed by atoms with Gasteiger partial charge < -0.3 is 5.11 Å². The maximum absolute atomic E-state index is 9.30. The fourth-order valence-electron chi connectivity index (χ4n) is 2.32. The van der Waals surface area contributed by atoms with Gasteiger partial charge in [0.25, 0.3) is 0 Å². The Balaban J connectivity index is 1.86. The molecule has 0 bridgehead atoms. The normalized spacial score (nSPS) is 39.9. The Bertz CT molecular complexity index is 339. The minimum atomic E-state index is -0.0609. The molecule has 3 heteroatoms. The van der Waals surface area contributed by atoms with Crippen molar-refractivity contribution < 1.29 is 5.11 Å². The van der Waals surface area contributed by atoms with Gasteiger partial charge in [-0.25, -0.2) is 0 Å². The van der Waals surface area contributed by atoms with Crippen LogP contribution in [0.1, 0.15) is 19.3 Å². The summed E-state index contributed by atoms with van der Waals surface area (Å²) in [6.45, 7) is 0. The number of hydrogen-bond acceptors (Lipinski definition) is 3. The second kappa shape index (κ2) is 3.24. The van der Waals surface area contributed by atoms with Gasteiger partial charge in [0.05, 0.1) is 17.7 Å². The topological polar surface area (TPSA) is 32.6 Å². The summed E-state index contributed by atoms with van der Waals surface area (Å²) in [5.41, 5.74) is 3.40. The molecule has 0 aromatic carbocycles. The van der Waals surface area contributed by atoms with Gasteiger partial charge in [0.2, 0.25) is 0 Å². The van der Waals surface area contributed by atoms with Gasteiger partial charge in [0, 0.05) is 4.91 Å². The summed E-state index contributed by atoms with van der Waals surface area (Å²) in [5, 5.41) is 9.30. The molecular weight excluding hydrogens is 194 g/mol. The van der Waals surface area contributed by atoms with Crippen LogP contribution in [0.4, 0.5) is 0 Å². The van der Waals surface area contributed by atoms with Gasteiger partial charge in [-0.3, -0.25) is 4.99 Å². The quantitative estimate of drug-likeness (QED) is 0.714. The minimum Gasteiger partial charge on any atom is -0.393 e.